The summed E-state index contributed by atoms with van der Waals surface area (Å²) in [5, 5.41) is 0. The van der Waals surface area contributed by atoms with Crippen molar-refractivity contribution in [3.8, 4) is 12.3 Å². The Kier molecular flexibility index (Phi) is 5.27. The zero-order valence-corrected chi connectivity index (χ0v) is 13.7. The molecule has 3 unspecified atom stereocenters. The molecule has 0 spiro atoms. The van der Waals surface area contributed by atoms with Crippen molar-refractivity contribution in [3.63, 3.8) is 0 Å². The minimum absolute atomic E-state index is 0.145. The molecule has 0 aromatic rings. The fourth-order valence-electron chi connectivity index (χ4n) is 3.48. The van der Waals surface area contributed by atoms with E-state index in [0.717, 1.165) is 0 Å². The molecule has 0 aromatic heterocycles. The van der Waals surface area contributed by atoms with E-state index in [1.54, 1.807) is 0 Å². The van der Waals surface area contributed by atoms with Crippen LogP contribution in [0, 0.1) is 29.6 Å². The Morgan fingerprint density at radius 2 is 2.05 bits per heavy atom. The van der Waals surface area contributed by atoms with E-state index < -0.39 is 11.6 Å². The van der Waals surface area contributed by atoms with Gasteiger partial charge < -0.3 is 9.47 Å². The van der Waals surface area contributed by atoms with E-state index in [9.17, 15) is 4.79 Å². The molecule has 20 heavy (non-hydrogen) atoms. The third-order valence-corrected chi connectivity index (χ3v) is 4.17. The third kappa shape index (κ3) is 4.83. The predicted molar refractivity (Wildman–Crippen MR) is 80.1 cm³/mol. The summed E-state index contributed by atoms with van der Waals surface area (Å²) in [5.74, 6) is 2.52. The molecule has 114 valence electrons. The highest BCUT2D eigenvalue weighted by Crippen LogP contribution is 2.47. The van der Waals surface area contributed by atoms with Gasteiger partial charge >= 0.3 is 5.97 Å². The van der Waals surface area contributed by atoms with Gasteiger partial charge in [-0.2, -0.15) is 0 Å². The van der Waals surface area contributed by atoms with Gasteiger partial charge in [0.2, 0.25) is 0 Å². The van der Waals surface area contributed by atoms with Crippen molar-refractivity contribution in [2.24, 2.45) is 17.3 Å². The van der Waals surface area contributed by atoms with Crippen LogP contribution in [0.2, 0.25) is 0 Å². The molecular weight excluding hydrogens is 252 g/mol. The third-order valence-electron chi connectivity index (χ3n) is 4.17. The maximum atomic E-state index is 11.0. The first kappa shape index (κ1) is 17.0. The highest BCUT2D eigenvalue weighted by atomic mass is 16.6. The van der Waals surface area contributed by atoms with Gasteiger partial charge in [-0.3, -0.25) is 0 Å². The summed E-state index contributed by atoms with van der Waals surface area (Å²) in [4.78, 5) is 11.0. The smallest absolute Gasteiger partial charge is 0.384 e. The molecule has 0 heterocycles. The van der Waals surface area contributed by atoms with E-state index in [-0.39, 0.29) is 12.7 Å². The average Bonchev–Trinajstić information content (AvgIpc) is 2.59. The zero-order chi connectivity index (χ0) is 15.6. The number of esters is 1. The Balaban J connectivity index is 2.54. The minimum Gasteiger partial charge on any atom is -0.453 e. The molecule has 0 aromatic carbocycles. The number of terminal acetylenes is 1. The van der Waals surface area contributed by atoms with Crippen LogP contribution in [0.1, 0.15) is 54.4 Å². The fraction of sp³-hybridized carbons (Fsp3) is 0.824. The summed E-state index contributed by atoms with van der Waals surface area (Å²) in [7, 11) is 0. The van der Waals surface area contributed by atoms with Crippen LogP contribution in [0.3, 0.4) is 0 Å². The quantitative estimate of drug-likeness (QED) is 0.440. The van der Waals surface area contributed by atoms with Crippen molar-refractivity contribution in [1.29, 1.82) is 0 Å². The van der Waals surface area contributed by atoms with E-state index in [0.29, 0.717) is 17.3 Å². The van der Waals surface area contributed by atoms with Crippen molar-refractivity contribution in [2.75, 3.05) is 6.61 Å². The highest BCUT2D eigenvalue weighted by Gasteiger charge is 2.41. The molecule has 1 fully saturated rings. The maximum Gasteiger partial charge on any atom is 0.384 e. The first-order valence-corrected chi connectivity index (χ1v) is 7.37. The summed E-state index contributed by atoms with van der Waals surface area (Å²) in [5.41, 5.74) is -0.125. The lowest BCUT2D eigenvalue weighted by atomic mass is 9.89. The van der Waals surface area contributed by atoms with Crippen molar-refractivity contribution in [1.82, 2.24) is 0 Å². The van der Waals surface area contributed by atoms with Crippen LogP contribution in [0.5, 0.6) is 0 Å². The molecule has 1 saturated carbocycles. The number of carbonyl (C=O) groups is 1. The Bertz CT molecular complexity index is 390. The summed E-state index contributed by atoms with van der Waals surface area (Å²) in [6.45, 7) is 13.1. The standard InChI is InChI=1S/C17H28O3/c1-8-15(18)19-11-17(6,7)20-13(3)14-10-16(4,5)9-12(14)2/h1,12-14H,9-11H2,2-7H3. The SMILES string of the molecule is C#CC(=O)OCC(C)(C)OC(C)C1CC(C)(C)CC1C. The van der Waals surface area contributed by atoms with E-state index in [1.807, 2.05) is 19.8 Å². The van der Waals surface area contributed by atoms with Gasteiger partial charge in [0, 0.05) is 5.92 Å². The fourth-order valence-corrected chi connectivity index (χ4v) is 3.48. The van der Waals surface area contributed by atoms with Crippen molar-refractivity contribution in [3.05, 3.63) is 0 Å². The molecule has 0 amide bonds. The van der Waals surface area contributed by atoms with Crippen LogP contribution in [-0.4, -0.2) is 24.3 Å². The first-order valence-electron chi connectivity index (χ1n) is 7.37. The normalized spacial score (nSPS) is 26.9. The molecular formula is C17H28O3. The van der Waals surface area contributed by atoms with Crippen LogP contribution < -0.4 is 0 Å². The second-order valence-corrected chi connectivity index (χ2v) is 7.52. The van der Waals surface area contributed by atoms with Crippen LogP contribution >= 0.6 is 0 Å². The molecule has 3 heteroatoms. The molecule has 0 bridgehead atoms. The summed E-state index contributed by atoms with van der Waals surface area (Å²) in [6, 6.07) is 0. The first-order chi connectivity index (χ1) is 9.06. The second-order valence-electron chi connectivity index (χ2n) is 7.52. The van der Waals surface area contributed by atoms with E-state index in [2.05, 4.69) is 27.7 Å². The van der Waals surface area contributed by atoms with E-state index >= 15 is 0 Å². The summed E-state index contributed by atoms with van der Waals surface area (Å²) < 4.78 is 11.1. The number of carbonyl (C=O) groups excluding carboxylic acids is 1. The van der Waals surface area contributed by atoms with Crippen LogP contribution in [0.4, 0.5) is 0 Å². The summed E-state index contributed by atoms with van der Waals surface area (Å²) in [6.07, 6.45) is 7.54. The van der Waals surface area contributed by atoms with E-state index in [1.165, 1.54) is 12.8 Å². The zero-order valence-electron chi connectivity index (χ0n) is 13.7. The Labute approximate surface area is 123 Å². The minimum atomic E-state index is -0.635. The van der Waals surface area contributed by atoms with Crippen LogP contribution in [0.15, 0.2) is 0 Å². The molecule has 1 aliphatic carbocycles. The number of hydrogen-bond acceptors (Lipinski definition) is 3. The van der Waals surface area contributed by atoms with Crippen molar-refractivity contribution < 1.29 is 14.3 Å². The lowest BCUT2D eigenvalue weighted by molar-refractivity contribution is -0.155. The lowest BCUT2D eigenvalue weighted by Crippen LogP contribution is -2.38. The predicted octanol–water partition coefficient (Wildman–Crippen LogP) is 3.42. The topological polar surface area (TPSA) is 35.5 Å². The number of ether oxygens (including phenoxy) is 2. The maximum absolute atomic E-state index is 11.0. The molecule has 1 rings (SSSR count). The molecule has 3 atom stereocenters. The van der Waals surface area contributed by atoms with E-state index in [4.69, 9.17) is 15.9 Å². The van der Waals surface area contributed by atoms with Crippen LogP contribution in [0.25, 0.3) is 0 Å². The van der Waals surface area contributed by atoms with Gasteiger partial charge in [0.05, 0.1) is 11.7 Å². The monoisotopic (exact) mass is 280 g/mol. The molecule has 1 aliphatic rings. The van der Waals surface area contributed by atoms with Crippen LogP contribution in [-0.2, 0) is 14.3 Å². The van der Waals surface area contributed by atoms with Crippen molar-refractivity contribution >= 4 is 5.97 Å². The lowest BCUT2D eigenvalue weighted by Gasteiger charge is -2.33. The van der Waals surface area contributed by atoms with Gasteiger partial charge in [0.25, 0.3) is 0 Å². The van der Waals surface area contributed by atoms with Gasteiger partial charge in [-0.05, 0) is 50.9 Å². The Hall–Kier alpha value is -1.01. The number of rotatable bonds is 5. The van der Waals surface area contributed by atoms with Gasteiger partial charge in [-0.25, -0.2) is 4.79 Å². The Morgan fingerprint density at radius 1 is 1.45 bits per heavy atom. The molecule has 0 aliphatic heterocycles. The average molecular weight is 280 g/mol. The second kappa shape index (κ2) is 6.18. The number of hydrogen-bond donors (Lipinski definition) is 0. The molecule has 3 nitrogen and oxygen atoms in total. The molecule has 0 N–H and O–H groups in total. The summed E-state index contributed by atoms with van der Waals surface area (Å²) >= 11 is 0. The molecule has 0 saturated heterocycles. The van der Waals surface area contributed by atoms with Gasteiger partial charge in [-0.15, -0.1) is 6.42 Å². The van der Waals surface area contributed by atoms with Gasteiger partial charge in [0.1, 0.15) is 6.61 Å². The van der Waals surface area contributed by atoms with Gasteiger partial charge in [0.15, 0.2) is 0 Å². The van der Waals surface area contributed by atoms with Crippen molar-refractivity contribution in [2.45, 2.75) is 66.1 Å². The molecule has 0 radical (unpaired) electrons. The largest absolute Gasteiger partial charge is 0.453 e. The highest BCUT2D eigenvalue weighted by molar-refractivity contribution is 5.87. The van der Waals surface area contributed by atoms with Gasteiger partial charge in [-0.1, -0.05) is 20.8 Å². The Morgan fingerprint density at radius 3 is 2.50 bits per heavy atom.